The van der Waals surface area contributed by atoms with Gasteiger partial charge in [-0.15, -0.1) is 0 Å². The number of carbonyl (C=O) groups excluding carboxylic acids is 1. The average Bonchev–Trinajstić information content (AvgIpc) is 3.63. The van der Waals surface area contributed by atoms with E-state index in [0.29, 0.717) is 37.1 Å². The third-order valence-electron chi connectivity index (χ3n) is 8.38. The van der Waals surface area contributed by atoms with E-state index in [1.54, 1.807) is 6.20 Å². The molecule has 2 N–H and O–H groups in total. The fourth-order valence-corrected chi connectivity index (χ4v) is 6.20. The van der Waals surface area contributed by atoms with Crippen molar-refractivity contribution in [3.8, 4) is 0 Å². The summed E-state index contributed by atoms with van der Waals surface area (Å²) in [6.45, 7) is 4.77. The van der Waals surface area contributed by atoms with Crippen LogP contribution in [-0.2, 0) is 9.53 Å². The van der Waals surface area contributed by atoms with Crippen LogP contribution in [0.1, 0.15) is 49.3 Å². The predicted molar refractivity (Wildman–Crippen MR) is 139 cm³/mol. The van der Waals surface area contributed by atoms with Gasteiger partial charge < -0.3 is 15.2 Å². The zero-order valence-corrected chi connectivity index (χ0v) is 21.4. The van der Waals surface area contributed by atoms with E-state index >= 15 is 0 Å². The Hall–Kier alpha value is -2.65. The Labute approximate surface area is 220 Å². The Morgan fingerprint density at radius 1 is 1.22 bits per heavy atom. The molecular formula is C28H30ClFN4O3. The first-order valence-electron chi connectivity index (χ1n) is 12.8. The van der Waals surface area contributed by atoms with Gasteiger partial charge in [0.15, 0.2) is 0 Å². The molecule has 0 spiro atoms. The van der Waals surface area contributed by atoms with Gasteiger partial charge in [-0.25, -0.2) is 9.37 Å². The molecule has 1 saturated carbocycles. The summed E-state index contributed by atoms with van der Waals surface area (Å²) >= 11 is 6.71. The second-order valence-electron chi connectivity index (χ2n) is 10.8. The number of piperidine rings is 1. The number of aliphatic hydroxyl groups excluding tert-OH is 1. The molecule has 3 fully saturated rings. The third kappa shape index (κ3) is 4.72. The molecule has 3 aliphatic rings. The van der Waals surface area contributed by atoms with E-state index < -0.39 is 6.10 Å². The number of rotatable bonds is 5. The Kier molecular flexibility index (Phi) is 6.39. The number of pyridine rings is 2. The van der Waals surface area contributed by atoms with Crippen molar-refractivity contribution in [3.63, 3.8) is 0 Å². The van der Waals surface area contributed by atoms with E-state index in [4.69, 9.17) is 16.3 Å². The maximum atomic E-state index is 13.5. The number of benzene rings is 1. The van der Waals surface area contributed by atoms with Crippen molar-refractivity contribution < 1.29 is 19.0 Å². The standard InChI is InChI=1S/C28H30ClFN4O3/c1-28(15-37-14-25(28)35)34-6-3-16(4-7-34)20-8-17-10-26(32-13-18(17)9-23(20)29)33-27(36)22-12-21(22)24-11-19(30)2-5-31-24/h2,5,8-11,13,16,21-22,25,35H,3-4,6-7,12,14-15H2,1H3,(H,32,33,36)/t21?,22?,25-,28+/m1/s1. The monoisotopic (exact) mass is 524 g/mol. The first kappa shape index (κ1) is 24.7. The Bertz CT molecular complexity index is 1350. The lowest BCUT2D eigenvalue weighted by Crippen LogP contribution is -2.56. The van der Waals surface area contributed by atoms with Crippen molar-refractivity contribution in [2.75, 3.05) is 31.6 Å². The fraction of sp³-hybridized carbons (Fsp3) is 0.464. The SMILES string of the molecule is C[C@]1(N2CCC(c3cc4cc(NC(=O)C5CC5c5cc(F)ccn5)ncc4cc3Cl)CC2)COC[C@H]1O. The van der Waals surface area contributed by atoms with Crippen molar-refractivity contribution in [1.82, 2.24) is 14.9 Å². The molecule has 2 aromatic heterocycles. The molecule has 4 heterocycles. The molecule has 9 heteroatoms. The van der Waals surface area contributed by atoms with Gasteiger partial charge in [-0.1, -0.05) is 11.6 Å². The molecular weight excluding hydrogens is 495 g/mol. The molecule has 4 atom stereocenters. The highest BCUT2D eigenvalue weighted by atomic mass is 35.5. The maximum Gasteiger partial charge on any atom is 0.229 e. The summed E-state index contributed by atoms with van der Waals surface area (Å²) < 4.78 is 19.0. The molecule has 6 rings (SSSR count). The molecule has 1 amide bonds. The first-order chi connectivity index (χ1) is 17.8. The van der Waals surface area contributed by atoms with Crippen molar-refractivity contribution >= 4 is 34.1 Å². The van der Waals surface area contributed by atoms with Gasteiger partial charge in [-0.2, -0.15) is 0 Å². The zero-order chi connectivity index (χ0) is 25.7. The van der Waals surface area contributed by atoms with E-state index in [0.717, 1.165) is 47.3 Å². The number of nitrogens with zero attached hydrogens (tertiary/aromatic N) is 3. The van der Waals surface area contributed by atoms with Crippen LogP contribution in [0.4, 0.5) is 10.2 Å². The molecule has 0 radical (unpaired) electrons. The van der Waals surface area contributed by atoms with Gasteiger partial charge in [-0.05, 0) is 86.5 Å². The largest absolute Gasteiger partial charge is 0.389 e. The number of halogens is 2. The number of anilines is 1. The Morgan fingerprint density at radius 3 is 2.76 bits per heavy atom. The average molecular weight is 525 g/mol. The van der Waals surface area contributed by atoms with Crippen LogP contribution in [0.2, 0.25) is 5.02 Å². The fourth-order valence-electron chi connectivity index (χ4n) is 5.88. The molecule has 1 aromatic carbocycles. The van der Waals surface area contributed by atoms with Gasteiger partial charge in [-0.3, -0.25) is 14.7 Å². The summed E-state index contributed by atoms with van der Waals surface area (Å²) in [6, 6.07) is 8.64. The van der Waals surface area contributed by atoms with Crippen LogP contribution in [-0.4, -0.2) is 63.8 Å². The van der Waals surface area contributed by atoms with Crippen molar-refractivity contribution in [2.24, 2.45) is 5.92 Å². The Balaban J connectivity index is 1.14. The smallest absolute Gasteiger partial charge is 0.229 e. The molecule has 37 heavy (non-hydrogen) atoms. The molecule has 2 aliphatic heterocycles. The summed E-state index contributed by atoms with van der Waals surface area (Å²) in [5.74, 6) is 0.0350. The van der Waals surface area contributed by atoms with Crippen molar-refractivity contribution in [2.45, 2.75) is 49.7 Å². The van der Waals surface area contributed by atoms with Gasteiger partial charge in [0.05, 0.1) is 24.9 Å². The molecule has 194 valence electrons. The van der Waals surface area contributed by atoms with Crippen LogP contribution in [0.3, 0.4) is 0 Å². The van der Waals surface area contributed by atoms with E-state index in [1.807, 2.05) is 12.1 Å². The number of aromatic nitrogens is 2. The number of likely N-dealkylation sites (tertiary alicyclic amines) is 1. The normalized spacial score (nSPS) is 28.5. The molecule has 2 unspecified atom stereocenters. The molecule has 1 aliphatic carbocycles. The van der Waals surface area contributed by atoms with Crippen LogP contribution < -0.4 is 5.32 Å². The summed E-state index contributed by atoms with van der Waals surface area (Å²) in [4.78, 5) is 23.8. The van der Waals surface area contributed by atoms with Crippen LogP contribution in [0.25, 0.3) is 10.8 Å². The number of carbonyl (C=O) groups is 1. The summed E-state index contributed by atoms with van der Waals surface area (Å²) in [5, 5.41) is 15.9. The van der Waals surface area contributed by atoms with Gasteiger partial charge in [0.1, 0.15) is 11.6 Å². The topological polar surface area (TPSA) is 87.6 Å². The molecule has 7 nitrogen and oxygen atoms in total. The number of fused-ring (bicyclic) bond motifs is 1. The summed E-state index contributed by atoms with van der Waals surface area (Å²) in [6.07, 6.45) is 5.23. The quantitative estimate of drug-likeness (QED) is 0.511. The lowest BCUT2D eigenvalue weighted by molar-refractivity contribution is -0.117. The lowest BCUT2D eigenvalue weighted by atomic mass is 9.85. The van der Waals surface area contributed by atoms with Crippen molar-refractivity contribution in [3.05, 3.63) is 64.8 Å². The van der Waals surface area contributed by atoms with E-state index in [9.17, 15) is 14.3 Å². The van der Waals surface area contributed by atoms with Gasteiger partial charge in [0.2, 0.25) is 5.91 Å². The summed E-state index contributed by atoms with van der Waals surface area (Å²) in [7, 11) is 0. The van der Waals surface area contributed by atoms with E-state index in [1.165, 1.54) is 18.3 Å². The number of hydrogen-bond acceptors (Lipinski definition) is 6. The second kappa shape index (κ2) is 9.58. The van der Waals surface area contributed by atoms with Crippen LogP contribution in [0.15, 0.2) is 42.7 Å². The summed E-state index contributed by atoms with van der Waals surface area (Å²) in [5.41, 5.74) is 1.38. The highest BCUT2D eigenvalue weighted by Gasteiger charge is 2.46. The number of ether oxygens (including phenoxy) is 1. The lowest BCUT2D eigenvalue weighted by Gasteiger charge is -2.43. The second-order valence-corrected chi connectivity index (χ2v) is 11.2. The highest BCUT2D eigenvalue weighted by Crippen LogP contribution is 2.47. The Morgan fingerprint density at radius 2 is 2.03 bits per heavy atom. The van der Waals surface area contributed by atoms with Gasteiger partial charge in [0.25, 0.3) is 0 Å². The number of aliphatic hydroxyl groups is 1. The number of nitrogens with one attached hydrogen (secondary N) is 1. The van der Waals surface area contributed by atoms with Crippen LogP contribution in [0.5, 0.6) is 0 Å². The van der Waals surface area contributed by atoms with Crippen LogP contribution >= 0.6 is 11.6 Å². The molecule has 0 bridgehead atoms. The number of hydrogen-bond donors (Lipinski definition) is 2. The predicted octanol–water partition coefficient (Wildman–Crippen LogP) is 4.49. The number of amides is 1. The van der Waals surface area contributed by atoms with E-state index in [2.05, 4.69) is 33.2 Å². The molecule has 3 aromatic rings. The minimum atomic E-state index is -0.467. The first-order valence-corrected chi connectivity index (χ1v) is 13.2. The molecule has 2 saturated heterocycles. The zero-order valence-electron chi connectivity index (χ0n) is 20.7. The van der Waals surface area contributed by atoms with E-state index in [-0.39, 0.29) is 29.1 Å². The maximum absolute atomic E-state index is 13.5. The van der Waals surface area contributed by atoms with Crippen LogP contribution in [0, 0.1) is 11.7 Å². The third-order valence-corrected chi connectivity index (χ3v) is 8.71. The van der Waals surface area contributed by atoms with Gasteiger partial charge in [0, 0.05) is 40.3 Å². The minimum absolute atomic E-state index is 0.0633. The van der Waals surface area contributed by atoms with Crippen molar-refractivity contribution in [1.29, 1.82) is 0 Å². The van der Waals surface area contributed by atoms with Gasteiger partial charge >= 0.3 is 0 Å². The minimum Gasteiger partial charge on any atom is -0.389 e. The highest BCUT2D eigenvalue weighted by molar-refractivity contribution is 6.32.